The molecule has 1 aliphatic rings. The summed E-state index contributed by atoms with van der Waals surface area (Å²) in [7, 11) is 0. The number of aliphatic imine (C=N–C) groups is 1. The number of nitrogens with two attached hydrogens (primary N) is 1. The lowest BCUT2D eigenvalue weighted by molar-refractivity contribution is -0.137. The van der Waals surface area contributed by atoms with Gasteiger partial charge >= 0.3 is 6.18 Å². The third-order valence-corrected chi connectivity index (χ3v) is 4.50. The summed E-state index contributed by atoms with van der Waals surface area (Å²) < 4.78 is 40.1. The minimum atomic E-state index is -4.51. The summed E-state index contributed by atoms with van der Waals surface area (Å²) in [6.45, 7) is 3.81. The molecule has 0 bridgehead atoms. The van der Waals surface area contributed by atoms with Crippen LogP contribution >= 0.6 is 11.6 Å². The van der Waals surface area contributed by atoms with Crippen molar-refractivity contribution in [3.63, 3.8) is 0 Å². The molecule has 0 spiro atoms. The van der Waals surface area contributed by atoms with Gasteiger partial charge in [-0.05, 0) is 24.8 Å². The van der Waals surface area contributed by atoms with E-state index in [1.54, 1.807) is 0 Å². The third-order valence-electron chi connectivity index (χ3n) is 4.22. The summed E-state index contributed by atoms with van der Waals surface area (Å²) in [4.78, 5) is 6.25. The van der Waals surface area contributed by atoms with E-state index in [9.17, 15) is 13.2 Å². The average molecular weight is 375 g/mol. The molecule has 1 unspecified atom stereocenters. The zero-order chi connectivity index (χ0) is 18.2. The van der Waals surface area contributed by atoms with Gasteiger partial charge in [0.15, 0.2) is 17.4 Å². The number of hydrogen-bond acceptors (Lipinski definition) is 3. The topological polar surface area (TPSA) is 71.8 Å². The number of hydrogen-bond donors (Lipinski definition) is 1. The highest BCUT2D eigenvalue weighted by Gasteiger charge is 2.32. The number of guanidine groups is 1. The van der Waals surface area contributed by atoms with Gasteiger partial charge in [0.2, 0.25) is 0 Å². The van der Waals surface area contributed by atoms with E-state index in [0.29, 0.717) is 11.9 Å². The van der Waals surface area contributed by atoms with Crippen molar-refractivity contribution >= 4 is 23.2 Å². The number of pyridine rings is 1. The molecule has 6 nitrogen and oxygen atoms in total. The Hall–Kier alpha value is -2.03. The lowest BCUT2D eigenvalue weighted by Gasteiger charge is -2.31. The first-order valence-electron chi connectivity index (χ1n) is 7.91. The van der Waals surface area contributed by atoms with Gasteiger partial charge in [-0.2, -0.15) is 13.2 Å². The molecule has 1 atom stereocenters. The molecule has 0 amide bonds. The number of nitrogens with zero attached hydrogens (tertiary/aromatic N) is 5. The van der Waals surface area contributed by atoms with Crippen LogP contribution in [0.4, 0.5) is 13.2 Å². The van der Waals surface area contributed by atoms with E-state index >= 15 is 0 Å². The van der Waals surface area contributed by atoms with Crippen LogP contribution in [-0.2, 0) is 12.7 Å². The van der Waals surface area contributed by atoms with Crippen LogP contribution in [0.2, 0.25) is 5.02 Å². The van der Waals surface area contributed by atoms with E-state index in [4.69, 9.17) is 17.3 Å². The maximum absolute atomic E-state index is 13.0. The molecule has 0 aliphatic carbocycles. The molecule has 1 aliphatic heterocycles. The second-order valence-corrected chi connectivity index (χ2v) is 6.66. The van der Waals surface area contributed by atoms with Crippen molar-refractivity contribution in [3.05, 3.63) is 28.7 Å². The molecule has 3 rings (SSSR count). The fraction of sp³-hybridized carbons (Fsp3) is 0.533. The van der Waals surface area contributed by atoms with E-state index < -0.39 is 11.7 Å². The van der Waals surface area contributed by atoms with Crippen LogP contribution in [-0.4, -0.2) is 38.5 Å². The Kier molecular flexibility index (Phi) is 4.77. The van der Waals surface area contributed by atoms with E-state index in [2.05, 4.69) is 22.1 Å². The largest absolute Gasteiger partial charge is 0.417 e. The van der Waals surface area contributed by atoms with Crippen LogP contribution < -0.4 is 5.73 Å². The molecule has 2 aromatic heterocycles. The monoisotopic (exact) mass is 374 g/mol. The maximum atomic E-state index is 13.0. The van der Waals surface area contributed by atoms with Crippen LogP contribution in [0.15, 0.2) is 17.3 Å². The molecule has 25 heavy (non-hydrogen) atoms. The van der Waals surface area contributed by atoms with Crippen LogP contribution in [0.5, 0.6) is 0 Å². The number of piperidine rings is 1. The zero-order valence-corrected chi connectivity index (χ0v) is 14.3. The van der Waals surface area contributed by atoms with Gasteiger partial charge in [-0.25, -0.2) is 4.99 Å². The summed E-state index contributed by atoms with van der Waals surface area (Å²) in [5.74, 6) is 1.14. The number of likely N-dealkylation sites (tertiary alicyclic amines) is 1. The summed E-state index contributed by atoms with van der Waals surface area (Å²) in [5.41, 5.74) is 5.30. The van der Waals surface area contributed by atoms with Crippen LogP contribution in [0.3, 0.4) is 0 Å². The highest BCUT2D eigenvalue weighted by atomic mass is 35.5. The molecule has 136 valence electrons. The van der Waals surface area contributed by atoms with Gasteiger partial charge in [-0.3, -0.25) is 4.40 Å². The van der Waals surface area contributed by atoms with Crippen molar-refractivity contribution in [3.8, 4) is 0 Å². The Balaban J connectivity index is 1.86. The first-order valence-corrected chi connectivity index (χ1v) is 8.28. The SMILES string of the molecule is CC1CCCN(C(N)=NCc2nnc3c(Cl)cc(C(F)(F)F)cn23)C1. The van der Waals surface area contributed by atoms with Crippen molar-refractivity contribution < 1.29 is 13.2 Å². The summed E-state index contributed by atoms with van der Waals surface area (Å²) in [6.07, 6.45) is -1.40. The minimum absolute atomic E-state index is 0.0233. The molecular formula is C15H18ClF3N6. The fourth-order valence-corrected chi connectivity index (χ4v) is 3.16. The molecule has 1 saturated heterocycles. The van der Waals surface area contributed by atoms with Crippen molar-refractivity contribution in [2.75, 3.05) is 13.1 Å². The number of rotatable bonds is 2. The lowest BCUT2D eigenvalue weighted by atomic mass is 10.0. The number of alkyl halides is 3. The Labute approximate surface area is 147 Å². The Morgan fingerprint density at radius 1 is 1.44 bits per heavy atom. The molecular weight excluding hydrogens is 357 g/mol. The van der Waals surface area contributed by atoms with E-state index in [1.165, 1.54) is 4.40 Å². The smallest absolute Gasteiger partial charge is 0.370 e. The molecule has 0 saturated carbocycles. The van der Waals surface area contributed by atoms with Crippen molar-refractivity contribution in [2.24, 2.45) is 16.6 Å². The van der Waals surface area contributed by atoms with E-state index in [0.717, 1.165) is 38.2 Å². The minimum Gasteiger partial charge on any atom is -0.370 e. The zero-order valence-electron chi connectivity index (χ0n) is 13.6. The van der Waals surface area contributed by atoms with Crippen molar-refractivity contribution in [2.45, 2.75) is 32.5 Å². The first kappa shape index (κ1) is 17.8. The van der Waals surface area contributed by atoms with Gasteiger partial charge in [0.05, 0.1) is 10.6 Å². The van der Waals surface area contributed by atoms with Crippen LogP contribution in [0, 0.1) is 5.92 Å². The highest BCUT2D eigenvalue weighted by molar-refractivity contribution is 6.33. The van der Waals surface area contributed by atoms with Crippen LogP contribution in [0.25, 0.3) is 5.65 Å². The quantitative estimate of drug-likeness (QED) is 0.648. The van der Waals surface area contributed by atoms with Crippen molar-refractivity contribution in [1.82, 2.24) is 19.5 Å². The second kappa shape index (κ2) is 6.70. The van der Waals surface area contributed by atoms with Gasteiger partial charge in [0.1, 0.15) is 6.54 Å². The molecule has 3 heterocycles. The predicted octanol–water partition coefficient (Wildman–Crippen LogP) is 2.95. The Morgan fingerprint density at radius 3 is 2.88 bits per heavy atom. The van der Waals surface area contributed by atoms with E-state index in [-0.39, 0.29) is 23.0 Å². The van der Waals surface area contributed by atoms with Gasteiger partial charge in [-0.15, -0.1) is 10.2 Å². The first-order chi connectivity index (χ1) is 11.8. The predicted molar refractivity (Wildman–Crippen MR) is 88.3 cm³/mol. The third kappa shape index (κ3) is 3.81. The molecule has 2 aromatic rings. The van der Waals surface area contributed by atoms with Gasteiger partial charge < -0.3 is 10.6 Å². The molecule has 0 radical (unpaired) electrons. The molecule has 10 heteroatoms. The summed E-state index contributed by atoms with van der Waals surface area (Å²) in [6, 6.07) is 0.835. The Bertz CT molecular complexity index is 800. The normalized spacial score (nSPS) is 19.6. The molecule has 0 aromatic carbocycles. The standard InChI is InChI=1S/C15H18ClF3N6/c1-9-3-2-4-24(7-9)14(20)21-6-12-22-23-13-11(16)5-10(8-25(12)13)15(17,18)19/h5,8-9H,2-4,6-7H2,1H3,(H2,20,21). The van der Waals surface area contributed by atoms with Crippen LogP contribution in [0.1, 0.15) is 31.2 Å². The molecule has 2 N–H and O–H groups in total. The number of fused-ring (bicyclic) bond motifs is 1. The average Bonchev–Trinajstić information content (AvgIpc) is 2.95. The number of aromatic nitrogens is 3. The van der Waals surface area contributed by atoms with Crippen molar-refractivity contribution in [1.29, 1.82) is 0 Å². The Morgan fingerprint density at radius 2 is 2.20 bits per heavy atom. The number of halogens is 4. The maximum Gasteiger partial charge on any atom is 0.417 e. The summed E-state index contributed by atoms with van der Waals surface area (Å²) >= 11 is 5.89. The van der Waals surface area contributed by atoms with Gasteiger partial charge in [0, 0.05) is 19.3 Å². The highest BCUT2D eigenvalue weighted by Crippen LogP contribution is 2.32. The van der Waals surface area contributed by atoms with Gasteiger partial charge in [-0.1, -0.05) is 18.5 Å². The summed E-state index contributed by atoms with van der Waals surface area (Å²) in [5, 5.41) is 7.61. The van der Waals surface area contributed by atoms with E-state index in [1.807, 2.05) is 4.90 Å². The molecule has 1 fully saturated rings. The second-order valence-electron chi connectivity index (χ2n) is 6.25. The van der Waals surface area contributed by atoms with Gasteiger partial charge in [0.25, 0.3) is 0 Å². The lowest BCUT2D eigenvalue weighted by Crippen LogP contribution is -2.43. The fourth-order valence-electron chi connectivity index (χ4n) is 2.91.